The molecule has 3 nitrogen and oxygen atoms in total. The summed E-state index contributed by atoms with van der Waals surface area (Å²) in [6, 6.07) is 2.01. The fourth-order valence-electron chi connectivity index (χ4n) is 4.82. The average Bonchev–Trinajstić information content (AvgIpc) is 3.07. The van der Waals surface area contributed by atoms with E-state index in [9.17, 15) is 0 Å². The smallest absolute Gasteiger partial charge is 0.152 e. The van der Waals surface area contributed by atoms with Crippen LogP contribution in [0.4, 0.5) is 0 Å². The Labute approximate surface area is 91.8 Å². The Morgan fingerprint density at radius 1 is 1.53 bits per heavy atom. The molecule has 5 rings (SSSR count). The van der Waals surface area contributed by atoms with E-state index >= 15 is 0 Å². The number of ether oxygens (including phenoxy) is 1. The molecule has 0 radical (unpaired) electrons. The van der Waals surface area contributed by atoms with E-state index < -0.39 is 0 Å². The van der Waals surface area contributed by atoms with Crippen LogP contribution in [0, 0.1) is 17.3 Å². The Morgan fingerprint density at radius 3 is 3.20 bits per heavy atom. The van der Waals surface area contributed by atoms with Crippen molar-refractivity contribution in [3.05, 3.63) is 22.5 Å². The Kier molecular flexibility index (Phi) is 0.869. The van der Waals surface area contributed by atoms with Gasteiger partial charge in [-0.25, -0.2) is 0 Å². The molecule has 4 aliphatic rings. The minimum atomic E-state index is 0.254. The number of fused-ring (bicyclic) bond motifs is 6. The minimum Gasteiger partial charge on any atom is -0.384 e. The van der Waals surface area contributed by atoms with Crippen LogP contribution >= 0.6 is 11.6 Å². The summed E-state index contributed by atoms with van der Waals surface area (Å²) in [5.74, 6) is 2.57. The molecule has 1 aromatic heterocycles. The highest BCUT2D eigenvalue weighted by Crippen LogP contribution is 3.14. The third-order valence-corrected chi connectivity index (χ3v) is 5.41. The van der Waals surface area contributed by atoms with E-state index in [1.54, 1.807) is 7.11 Å². The molecule has 0 bridgehead atoms. The highest BCUT2D eigenvalue weighted by molar-refractivity contribution is 6.29. The number of methoxy groups -OCH3 is 1. The van der Waals surface area contributed by atoms with Crippen molar-refractivity contribution in [3.63, 3.8) is 0 Å². The van der Waals surface area contributed by atoms with E-state index in [0.717, 1.165) is 24.4 Å². The Balaban J connectivity index is 1.75. The van der Waals surface area contributed by atoms with Gasteiger partial charge in [-0.05, 0) is 34.8 Å². The van der Waals surface area contributed by atoms with Gasteiger partial charge in [0.05, 0.1) is 12.3 Å². The quantitative estimate of drug-likeness (QED) is 0.755. The first-order valence-corrected chi connectivity index (χ1v) is 5.70. The van der Waals surface area contributed by atoms with Crippen LogP contribution < -0.4 is 0 Å². The van der Waals surface area contributed by atoms with Crippen molar-refractivity contribution < 1.29 is 4.74 Å². The number of halogens is 1. The van der Waals surface area contributed by atoms with E-state index in [1.807, 2.05) is 6.07 Å². The van der Waals surface area contributed by atoms with Crippen molar-refractivity contribution >= 4 is 11.6 Å². The first kappa shape index (κ1) is 7.58. The molecule has 0 aliphatic heterocycles. The molecule has 1 spiro atoms. The standard InChI is InChI=1S/C11H9ClN2O/c1-15-3-10-8-7-6(11(7,8)10)4-2-5(12)13-14-9(4)10/h2,6-8H,3H2,1H3. The molecule has 0 aromatic carbocycles. The Bertz CT molecular complexity index is 533. The van der Waals surface area contributed by atoms with E-state index in [1.165, 1.54) is 11.3 Å². The van der Waals surface area contributed by atoms with Gasteiger partial charge in [0.1, 0.15) is 0 Å². The number of hydrogen-bond acceptors (Lipinski definition) is 3. The molecule has 5 unspecified atom stereocenters. The first-order valence-electron chi connectivity index (χ1n) is 5.32. The van der Waals surface area contributed by atoms with Crippen LogP contribution in [0.1, 0.15) is 17.2 Å². The maximum atomic E-state index is 5.89. The number of hydrogen-bond donors (Lipinski definition) is 0. The van der Waals surface area contributed by atoms with E-state index in [2.05, 4.69) is 10.2 Å². The molecule has 3 saturated carbocycles. The van der Waals surface area contributed by atoms with Crippen LogP contribution in [0.3, 0.4) is 0 Å². The van der Waals surface area contributed by atoms with Gasteiger partial charge in [-0.2, -0.15) is 5.10 Å². The zero-order valence-corrected chi connectivity index (χ0v) is 8.95. The van der Waals surface area contributed by atoms with E-state index in [-0.39, 0.29) is 5.41 Å². The predicted molar refractivity (Wildman–Crippen MR) is 52.8 cm³/mol. The van der Waals surface area contributed by atoms with Crippen molar-refractivity contribution in [2.45, 2.75) is 11.3 Å². The number of rotatable bonds is 2. The zero-order valence-electron chi connectivity index (χ0n) is 8.20. The highest BCUT2D eigenvalue weighted by atomic mass is 35.5. The molecular formula is C11H9ClN2O. The molecule has 0 saturated heterocycles. The Hall–Kier alpha value is -0.670. The van der Waals surface area contributed by atoms with Crippen molar-refractivity contribution in [3.8, 4) is 0 Å². The monoisotopic (exact) mass is 220 g/mol. The molecule has 76 valence electrons. The lowest BCUT2D eigenvalue weighted by Gasteiger charge is -2.22. The maximum Gasteiger partial charge on any atom is 0.152 e. The van der Waals surface area contributed by atoms with Crippen molar-refractivity contribution in [2.24, 2.45) is 17.3 Å². The van der Waals surface area contributed by atoms with E-state index in [0.29, 0.717) is 10.6 Å². The molecule has 0 N–H and O–H groups in total. The fourth-order valence-corrected chi connectivity index (χ4v) is 4.97. The second-order valence-corrected chi connectivity index (χ2v) is 5.68. The second-order valence-electron chi connectivity index (χ2n) is 5.29. The summed E-state index contributed by atoms with van der Waals surface area (Å²) in [5, 5.41) is 8.81. The molecule has 4 aliphatic carbocycles. The van der Waals surface area contributed by atoms with Crippen LogP contribution in [-0.4, -0.2) is 23.9 Å². The lowest BCUT2D eigenvalue weighted by molar-refractivity contribution is 0.146. The molecule has 15 heavy (non-hydrogen) atoms. The molecule has 1 heterocycles. The van der Waals surface area contributed by atoms with Crippen LogP contribution in [0.2, 0.25) is 5.15 Å². The predicted octanol–water partition coefficient (Wildman–Crippen LogP) is 1.37. The van der Waals surface area contributed by atoms with Crippen molar-refractivity contribution in [2.75, 3.05) is 13.7 Å². The van der Waals surface area contributed by atoms with Gasteiger partial charge < -0.3 is 4.74 Å². The first-order chi connectivity index (χ1) is 7.30. The van der Waals surface area contributed by atoms with Gasteiger partial charge >= 0.3 is 0 Å². The van der Waals surface area contributed by atoms with Gasteiger partial charge in [-0.15, -0.1) is 5.10 Å². The SMILES string of the molecule is COCC12c3nnc(Cl)cc3C3C4C1C342. The molecular weight excluding hydrogens is 212 g/mol. The summed E-state index contributed by atoms with van der Waals surface area (Å²) in [7, 11) is 1.77. The lowest BCUT2D eigenvalue weighted by Crippen LogP contribution is -2.27. The van der Waals surface area contributed by atoms with Gasteiger partial charge in [-0.3, -0.25) is 0 Å². The third kappa shape index (κ3) is 0.455. The molecule has 3 fully saturated rings. The van der Waals surface area contributed by atoms with Crippen LogP contribution in [0.25, 0.3) is 0 Å². The fraction of sp³-hybridized carbons (Fsp3) is 0.636. The largest absolute Gasteiger partial charge is 0.384 e. The molecule has 1 aromatic rings. The zero-order chi connectivity index (χ0) is 10.00. The van der Waals surface area contributed by atoms with Crippen molar-refractivity contribution in [1.82, 2.24) is 10.2 Å². The Morgan fingerprint density at radius 2 is 2.40 bits per heavy atom. The van der Waals surface area contributed by atoms with Gasteiger partial charge in [0.15, 0.2) is 5.15 Å². The molecule has 0 amide bonds. The van der Waals surface area contributed by atoms with Crippen molar-refractivity contribution in [1.29, 1.82) is 0 Å². The number of nitrogens with zero attached hydrogens (tertiary/aromatic N) is 2. The van der Waals surface area contributed by atoms with Crippen LogP contribution in [0.5, 0.6) is 0 Å². The number of aromatic nitrogens is 2. The van der Waals surface area contributed by atoms with Gasteiger partial charge in [0, 0.05) is 12.5 Å². The third-order valence-electron chi connectivity index (χ3n) is 5.22. The van der Waals surface area contributed by atoms with Gasteiger partial charge in [-0.1, -0.05) is 11.6 Å². The average molecular weight is 221 g/mol. The maximum absolute atomic E-state index is 5.89. The minimum absolute atomic E-state index is 0.254. The van der Waals surface area contributed by atoms with Gasteiger partial charge in [0.25, 0.3) is 0 Å². The van der Waals surface area contributed by atoms with Crippen LogP contribution in [-0.2, 0) is 10.2 Å². The second kappa shape index (κ2) is 1.72. The summed E-state index contributed by atoms with van der Waals surface area (Å²) in [6.45, 7) is 0.813. The van der Waals surface area contributed by atoms with E-state index in [4.69, 9.17) is 16.3 Å². The molecule has 4 heteroatoms. The highest BCUT2D eigenvalue weighted by Gasteiger charge is 3.13. The summed E-state index contributed by atoms with van der Waals surface area (Å²) in [4.78, 5) is 0. The normalized spacial score (nSPS) is 54.4. The summed E-state index contributed by atoms with van der Waals surface area (Å²) in [5.41, 5.74) is 3.38. The summed E-state index contributed by atoms with van der Waals surface area (Å²) >= 11 is 5.89. The molecule has 5 atom stereocenters. The summed E-state index contributed by atoms with van der Waals surface area (Å²) in [6.07, 6.45) is 0. The van der Waals surface area contributed by atoms with Crippen LogP contribution in [0.15, 0.2) is 6.07 Å². The lowest BCUT2D eigenvalue weighted by atomic mass is 9.86. The topological polar surface area (TPSA) is 35.0 Å². The van der Waals surface area contributed by atoms with Gasteiger partial charge in [0.2, 0.25) is 0 Å². The summed E-state index contributed by atoms with van der Waals surface area (Å²) < 4.78 is 5.37.